The van der Waals surface area contributed by atoms with E-state index >= 15 is 0 Å². The van der Waals surface area contributed by atoms with E-state index < -0.39 is 0 Å². The first-order valence-electron chi connectivity index (χ1n) is 7.24. The monoisotopic (exact) mass is 260 g/mol. The highest BCUT2D eigenvalue weighted by Crippen LogP contribution is 2.28. The maximum Gasteiger partial charge on any atom is -0.0177 e. The Balaban J connectivity index is 2.15. The summed E-state index contributed by atoms with van der Waals surface area (Å²) >= 11 is 0. The fraction of sp³-hybridized carbons (Fsp3) is 0.200. The molecule has 0 saturated carbocycles. The zero-order valence-corrected chi connectivity index (χ0v) is 12.4. The van der Waals surface area contributed by atoms with Crippen molar-refractivity contribution in [3.8, 4) is 11.1 Å². The summed E-state index contributed by atoms with van der Waals surface area (Å²) in [5.74, 6) is 0.564. The van der Waals surface area contributed by atoms with Crippen LogP contribution < -0.4 is 0 Å². The Morgan fingerprint density at radius 1 is 0.700 bits per heavy atom. The fourth-order valence-corrected chi connectivity index (χ4v) is 2.68. The summed E-state index contributed by atoms with van der Waals surface area (Å²) < 4.78 is 0. The van der Waals surface area contributed by atoms with Crippen LogP contribution in [0.4, 0.5) is 0 Å². The molecule has 0 heterocycles. The van der Waals surface area contributed by atoms with Gasteiger partial charge in [-0.15, -0.1) is 0 Å². The molecule has 0 unspecified atom stereocenters. The lowest BCUT2D eigenvalue weighted by Crippen LogP contribution is -1.90. The molecule has 100 valence electrons. The third-order valence-electron chi connectivity index (χ3n) is 3.85. The predicted octanol–water partition coefficient (Wildman–Crippen LogP) is 5.94. The summed E-state index contributed by atoms with van der Waals surface area (Å²) in [4.78, 5) is 0. The second kappa shape index (κ2) is 5.13. The van der Waals surface area contributed by atoms with E-state index in [0.717, 1.165) is 0 Å². The van der Waals surface area contributed by atoms with Gasteiger partial charge in [0.25, 0.3) is 0 Å². The first-order valence-corrected chi connectivity index (χ1v) is 7.24. The maximum atomic E-state index is 2.32. The molecule has 0 radical (unpaired) electrons. The lowest BCUT2D eigenvalue weighted by atomic mass is 9.94. The standard InChI is InChI=1S/C20H20/c1-14(2)19-10-15(3)11-20(13-19)18-9-8-16-6-4-5-7-17(16)12-18/h4-14H,1-3H3. The molecule has 3 aromatic rings. The highest BCUT2D eigenvalue weighted by atomic mass is 14.1. The summed E-state index contributed by atoms with van der Waals surface area (Å²) in [5, 5.41) is 2.60. The number of rotatable bonds is 2. The summed E-state index contributed by atoms with van der Waals surface area (Å²) in [6.45, 7) is 6.67. The predicted molar refractivity (Wildman–Crippen MR) is 88.2 cm³/mol. The first-order chi connectivity index (χ1) is 9.63. The van der Waals surface area contributed by atoms with Crippen LogP contribution in [0.2, 0.25) is 0 Å². The number of hydrogen-bond donors (Lipinski definition) is 0. The minimum Gasteiger partial charge on any atom is -0.0616 e. The van der Waals surface area contributed by atoms with Crippen molar-refractivity contribution in [1.29, 1.82) is 0 Å². The molecule has 0 heteroatoms. The molecule has 0 atom stereocenters. The van der Waals surface area contributed by atoms with Crippen molar-refractivity contribution in [2.45, 2.75) is 26.7 Å². The molecule has 0 aliphatic rings. The average Bonchev–Trinajstić information content (AvgIpc) is 2.46. The van der Waals surface area contributed by atoms with Crippen LogP contribution in [0.25, 0.3) is 21.9 Å². The largest absolute Gasteiger partial charge is 0.0616 e. The van der Waals surface area contributed by atoms with Gasteiger partial charge in [0.15, 0.2) is 0 Å². The molecular weight excluding hydrogens is 240 g/mol. The second-order valence-corrected chi connectivity index (χ2v) is 5.85. The second-order valence-electron chi connectivity index (χ2n) is 5.85. The minimum absolute atomic E-state index is 0.564. The summed E-state index contributed by atoms with van der Waals surface area (Å²) in [6, 6.07) is 22.1. The number of hydrogen-bond acceptors (Lipinski definition) is 0. The molecule has 0 nitrogen and oxygen atoms in total. The van der Waals surface area contributed by atoms with E-state index in [-0.39, 0.29) is 0 Å². The normalized spacial score (nSPS) is 11.2. The minimum atomic E-state index is 0.564. The lowest BCUT2D eigenvalue weighted by molar-refractivity contribution is 0.865. The molecule has 0 aliphatic heterocycles. The molecule has 0 N–H and O–H groups in total. The molecule has 20 heavy (non-hydrogen) atoms. The van der Waals surface area contributed by atoms with Gasteiger partial charge in [-0.3, -0.25) is 0 Å². The Labute approximate surface area is 121 Å². The van der Waals surface area contributed by atoms with Gasteiger partial charge >= 0.3 is 0 Å². The summed E-state index contributed by atoms with van der Waals surface area (Å²) in [5.41, 5.74) is 5.36. The SMILES string of the molecule is Cc1cc(-c2ccc3ccccc3c2)cc(C(C)C)c1. The third-order valence-corrected chi connectivity index (χ3v) is 3.85. The van der Waals surface area contributed by atoms with Crippen LogP contribution >= 0.6 is 0 Å². The van der Waals surface area contributed by atoms with E-state index in [0.29, 0.717) is 5.92 Å². The van der Waals surface area contributed by atoms with Crippen molar-refractivity contribution in [2.75, 3.05) is 0 Å². The van der Waals surface area contributed by atoms with Crippen molar-refractivity contribution in [2.24, 2.45) is 0 Å². The van der Waals surface area contributed by atoms with Crippen LogP contribution in [0, 0.1) is 6.92 Å². The lowest BCUT2D eigenvalue weighted by Gasteiger charge is -2.11. The zero-order valence-electron chi connectivity index (χ0n) is 12.4. The van der Waals surface area contributed by atoms with Gasteiger partial charge in [0.2, 0.25) is 0 Å². The van der Waals surface area contributed by atoms with Gasteiger partial charge in [-0.2, -0.15) is 0 Å². The van der Waals surface area contributed by atoms with Crippen LogP contribution in [0.15, 0.2) is 60.7 Å². The smallest absolute Gasteiger partial charge is 0.0177 e. The number of benzene rings is 3. The molecule has 0 aliphatic carbocycles. The average molecular weight is 260 g/mol. The molecule has 0 aromatic heterocycles. The Bertz CT molecular complexity index is 751. The van der Waals surface area contributed by atoms with Gasteiger partial charge in [-0.1, -0.05) is 74.0 Å². The first kappa shape index (κ1) is 12.9. The third kappa shape index (κ3) is 2.46. The Morgan fingerprint density at radius 2 is 1.45 bits per heavy atom. The van der Waals surface area contributed by atoms with Crippen LogP contribution in [0.3, 0.4) is 0 Å². The molecule has 3 aromatic carbocycles. The maximum absolute atomic E-state index is 2.32. The van der Waals surface area contributed by atoms with Crippen LogP contribution in [0.1, 0.15) is 30.9 Å². The quantitative estimate of drug-likeness (QED) is 0.535. The fourth-order valence-electron chi connectivity index (χ4n) is 2.68. The molecule has 0 amide bonds. The van der Waals surface area contributed by atoms with Crippen LogP contribution in [-0.2, 0) is 0 Å². The van der Waals surface area contributed by atoms with Gasteiger partial charge < -0.3 is 0 Å². The molecule has 0 bridgehead atoms. The number of aryl methyl sites for hydroxylation is 1. The molecule has 0 fully saturated rings. The highest BCUT2D eigenvalue weighted by Gasteiger charge is 2.05. The van der Waals surface area contributed by atoms with Gasteiger partial charge in [0.05, 0.1) is 0 Å². The van der Waals surface area contributed by atoms with Crippen molar-refractivity contribution in [3.63, 3.8) is 0 Å². The van der Waals surface area contributed by atoms with Crippen LogP contribution in [-0.4, -0.2) is 0 Å². The van der Waals surface area contributed by atoms with E-state index in [1.165, 1.54) is 33.0 Å². The van der Waals surface area contributed by atoms with E-state index in [2.05, 4.69) is 81.4 Å². The van der Waals surface area contributed by atoms with E-state index in [9.17, 15) is 0 Å². The van der Waals surface area contributed by atoms with Gasteiger partial charge in [0.1, 0.15) is 0 Å². The van der Waals surface area contributed by atoms with Crippen molar-refractivity contribution < 1.29 is 0 Å². The molecule has 0 spiro atoms. The highest BCUT2D eigenvalue weighted by molar-refractivity contribution is 5.87. The van der Waals surface area contributed by atoms with Crippen LogP contribution in [0.5, 0.6) is 0 Å². The van der Waals surface area contributed by atoms with Crippen molar-refractivity contribution >= 4 is 10.8 Å². The Morgan fingerprint density at radius 3 is 2.20 bits per heavy atom. The van der Waals surface area contributed by atoms with E-state index in [1.54, 1.807) is 0 Å². The Hall–Kier alpha value is -2.08. The molecular formula is C20H20. The summed E-state index contributed by atoms with van der Waals surface area (Å²) in [6.07, 6.45) is 0. The molecule has 3 rings (SSSR count). The van der Waals surface area contributed by atoms with Gasteiger partial charge in [0, 0.05) is 0 Å². The zero-order chi connectivity index (χ0) is 14.1. The van der Waals surface area contributed by atoms with E-state index in [1.807, 2.05) is 0 Å². The van der Waals surface area contributed by atoms with E-state index in [4.69, 9.17) is 0 Å². The molecule has 0 saturated heterocycles. The van der Waals surface area contributed by atoms with Crippen molar-refractivity contribution in [3.05, 3.63) is 71.8 Å². The van der Waals surface area contributed by atoms with Gasteiger partial charge in [-0.05, 0) is 46.4 Å². The number of fused-ring (bicyclic) bond motifs is 1. The summed E-state index contributed by atoms with van der Waals surface area (Å²) in [7, 11) is 0. The van der Waals surface area contributed by atoms with Crippen molar-refractivity contribution in [1.82, 2.24) is 0 Å². The van der Waals surface area contributed by atoms with Gasteiger partial charge in [-0.25, -0.2) is 0 Å². The Kier molecular flexibility index (Phi) is 3.31. The topological polar surface area (TPSA) is 0 Å².